The van der Waals surface area contributed by atoms with Gasteiger partial charge in [0.1, 0.15) is 11.9 Å². The number of hydrogen-bond acceptors (Lipinski definition) is 6. The maximum atomic E-state index is 12.9. The molecule has 7 atom stereocenters. The zero-order valence-electron chi connectivity index (χ0n) is 17.9. The van der Waals surface area contributed by atoms with E-state index < -0.39 is 24.1 Å². The first-order valence-corrected chi connectivity index (χ1v) is 10.6. The quantitative estimate of drug-likeness (QED) is 0.760. The number of carbonyl (C=O) groups is 2. The van der Waals surface area contributed by atoms with Crippen LogP contribution < -0.4 is 0 Å². The van der Waals surface area contributed by atoms with Crippen LogP contribution in [-0.4, -0.2) is 36.4 Å². The molecule has 0 saturated heterocycles. The predicted molar refractivity (Wildman–Crippen MR) is 105 cm³/mol. The monoisotopic (exact) mass is 404 g/mol. The van der Waals surface area contributed by atoms with Gasteiger partial charge in [0.2, 0.25) is 0 Å². The summed E-state index contributed by atoms with van der Waals surface area (Å²) in [6, 6.07) is 1.81. The highest BCUT2D eigenvalue weighted by molar-refractivity contribution is 5.79. The molecule has 1 aromatic rings. The Morgan fingerprint density at radius 2 is 1.97 bits per heavy atom. The van der Waals surface area contributed by atoms with Crippen molar-refractivity contribution < 1.29 is 28.6 Å². The summed E-state index contributed by atoms with van der Waals surface area (Å²) in [7, 11) is 1.37. The zero-order valence-corrected chi connectivity index (χ0v) is 17.9. The van der Waals surface area contributed by atoms with Crippen molar-refractivity contribution in [3.05, 3.63) is 23.7 Å². The van der Waals surface area contributed by atoms with Crippen LogP contribution in [0.25, 0.3) is 0 Å². The van der Waals surface area contributed by atoms with Gasteiger partial charge in [-0.2, -0.15) is 0 Å². The first-order chi connectivity index (χ1) is 13.6. The first kappa shape index (κ1) is 20.5. The zero-order chi connectivity index (χ0) is 21.1. The SMILES string of the molecule is COC(=O)C1c2ccoc2CC2C1C(O)C(OC(C)=O)C1C(C)(C)CCCC21C. The molecule has 1 heterocycles. The Balaban J connectivity index is 1.89. The summed E-state index contributed by atoms with van der Waals surface area (Å²) in [5.41, 5.74) is 0.502. The maximum Gasteiger partial charge on any atom is 0.313 e. The lowest BCUT2D eigenvalue weighted by atomic mass is 9.42. The van der Waals surface area contributed by atoms with Crippen LogP contribution in [-0.2, 0) is 25.5 Å². The number of aliphatic hydroxyl groups excluding tert-OH is 1. The molecule has 2 saturated carbocycles. The molecule has 0 amide bonds. The third kappa shape index (κ3) is 2.94. The Labute approximate surface area is 171 Å². The van der Waals surface area contributed by atoms with E-state index in [1.807, 2.05) is 0 Å². The van der Waals surface area contributed by atoms with Gasteiger partial charge in [0, 0.05) is 30.7 Å². The van der Waals surface area contributed by atoms with Gasteiger partial charge in [-0.3, -0.25) is 9.59 Å². The van der Waals surface area contributed by atoms with Gasteiger partial charge in [-0.15, -0.1) is 0 Å². The van der Waals surface area contributed by atoms with Crippen LogP contribution in [0, 0.1) is 28.6 Å². The van der Waals surface area contributed by atoms with Crippen LogP contribution in [0.1, 0.15) is 64.2 Å². The summed E-state index contributed by atoms with van der Waals surface area (Å²) in [4.78, 5) is 24.9. The number of furan rings is 1. The number of rotatable bonds is 2. The van der Waals surface area contributed by atoms with Gasteiger partial charge in [0.05, 0.1) is 25.4 Å². The van der Waals surface area contributed by atoms with E-state index in [1.54, 1.807) is 12.3 Å². The lowest BCUT2D eigenvalue weighted by molar-refractivity contribution is -0.230. The highest BCUT2D eigenvalue weighted by Crippen LogP contribution is 2.65. The lowest BCUT2D eigenvalue weighted by Gasteiger charge is -2.64. The van der Waals surface area contributed by atoms with Gasteiger partial charge in [-0.1, -0.05) is 27.2 Å². The molecule has 0 radical (unpaired) electrons. The topological polar surface area (TPSA) is 86.0 Å². The smallest absolute Gasteiger partial charge is 0.313 e. The van der Waals surface area contributed by atoms with Crippen molar-refractivity contribution in [2.75, 3.05) is 7.11 Å². The highest BCUT2D eigenvalue weighted by atomic mass is 16.6. The minimum absolute atomic E-state index is 0.00120. The Morgan fingerprint density at radius 3 is 2.62 bits per heavy atom. The maximum absolute atomic E-state index is 12.9. The van der Waals surface area contributed by atoms with Crippen molar-refractivity contribution in [3.63, 3.8) is 0 Å². The Hall–Kier alpha value is -1.82. The third-order valence-corrected chi connectivity index (χ3v) is 8.12. The number of fused-ring (bicyclic) bond motifs is 4. The van der Waals surface area contributed by atoms with Crippen LogP contribution >= 0.6 is 0 Å². The normalized spacial score (nSPS) is 40.2. The summed E-state index contributed by atoms with van der Waals surface area (Å²) < 4.78 is 16.7. The molecule has 0 spiro atoms. The van der Waals surface area contributed by atoms with E-state index in [1.165, 1.54) is 14.0 Å². The molecule has 0 aliphatic heterocycles. The molecule has 6 nitrogen and oxygen atoms in total. The van der Waals surface area contributed by atoms with Gasteiger partial charge >= 0.3 is 11.9 Å². The van der Waals surface area contributed by atoms with Gasteiger partial charge in [0.15, 0.2) is 0 Å². The highest BCUT2D eigenvalue weighted by Gasteiger charge is 2.66. The minimum atomic E-state index is -0.938. The van der Waals surface area contributed by atoms with Crippen molar-refractivity contribution in [1.82, 2.24) is 0 Å². The van der Waals surface area contributed by atoms with E-state index >= 15 is 0 Å². The van der Waals surface area contributed by atoms with Crippen molar-refractivity contribution in [2.24, 2.45) is 28.6 Å². The molecule has 0 aromatic carbocycles. The van der Waals surface area contributed by atoms with Crippen LogP contribution in [0.15, 0.2) is 16.7 Å². The van der Waals surface area contributed by atoms with Gasteiger partial charge in [0.25, 0.3) is 0 Å². The van der Waals surface area contributed by atoms with Gasteiger partial charge in [-0.05, 0) is 35.7 Å². The predicted octanol–water partition coefficient (Wildman–Crippen LogP) is 3.46. The molecule has 160 valence electrons. The summed E-state index contributed by atoms with van der Waals surface area (Å²) in [5, 5.41) is 11.6. The van der Waals surface area contributed by atoms with E-state index in [2.05, 4.69) is 20.8 Å². The second kappa shape index (κ2) is 6.86. The second-order valence-electron chi connectivity index (χ2n) is 10.1. The molecule has 0 bridgehead atoms. The minimum Gasteiger partial charge on any atom is -0.469 e. The average Bonchev–Trinajstić information content (AvgIpc) is 3.10. The molecule has 6 heteroatoms. The largest absolute Gasteiger partial charge is 0.469 e. The number of hydrogen-bond donors (Lipinski definition) is 1. The number of methoxy groups -OCH3 is 1. The van der Waals surface area contributed by atoms with Crippen LogP contribution in [0.5, 0.6) is 0 Å². The molecule has 4 rings (SSSR count). The molecular weight excluding hydrogens is 372 g/mol. The van der Waals surface area contributed by atoms with Crippen molar-refractivity contribution >= 4 is 11.9 Å². The third-order valence-electron chi connectivity index (χ3n) is 8.12. The molecule has 1 aromatic heterocycles. The van der Waals surface area contributed by atoms with Gasteiger partial charge < -0.3 is 19.0 Å². The van der Waals surface area contributed by atoms with Crippen LogP contribution in [0.4, 0.5) is 0 Å². The van der Waals surface area contributed by atoms with Crippen LogP contribution in [0.3, 0.4) is 0 Å². The fraction of sp³-hybridized carbons (Fsp3) is 0.739. The Bertz CT molecular complexity index is 810. The molecule has 3 aliphatic rings. The number of esters is 2. The van der Waals surface area contributed by atoms with E-state index in [0.29, 0.717) is 6.42 Å². The van der Waals surface area contributed by atoms with Crippen molar-refractivity contribution in [2.45, 2.75) is 71.5 Å². The van der Waals surface area contributed by atoms with E-state index in [0.717, 1.165) is 30.6 Å². The fourth-order valence-electron chi connectivity index (χ4n) is 7.20. The molecular formula is C23H32O6. The van der Waals surface area contributed by atoms with E-state index in [9.17, 15) is 14.7 Å². The summed E-state index contributed by atoms with van der Waals surface area (Å²) >= 11 is 0. The van der Waals surface area contributed by atoms with Crippen molar-refractivity contribution in [1.29, 1.82) is 0 Å². The number of ether oxygens (including phenoxy) is 2. The molecule has 7 unspecified atom stereocenters. The second-order valence-corrected chi connectivity index (χ2v) is 10.1. The molecule has 3 aliphatic carbocycles. The average molecular weight is 405 g/mol. The summed E-state index contributed by atoms with van der Waals surface area (Å²) in [6.07, 6.45) is 3.76. The van der Waals surface area contributed by atoms with Crippen LogP contribution in [0.2, 0.25) is 0 Å². The first-order valence-electron chi connectivity index (χ1n) is 10.6. The summed E-state index contributed by atoms with van der Waals surface area (Å²) in [6.45, 7) is 8.05. The Kier molecular flexibility index (Phi) is 4.84. The number of carbonyl (C=O) groups excluding carboxylic acids is 2. The molecule has 2 fully saturated rings. The lowest BCUT2D eigenvalue weighted by Crippen LogP contribution is -2.66. The molecule has 29 heavy (non-hydrogen) atoms. The fourth-order valence-corrected chi connectivity index (χ4v) is 7.20. The van der Waals surface area contributed by atoms with Gasteiger partial charge in [-0.25, -0.2) is 0 Å². The number of aliphatic hydroxyl groups is 1. The standard InChI is InChI=1S/C23H32O6/c1-12(24)29-19-18(25)17-14(23(4)9-6-8-22(2,3)20(19)23)11-15-13(7-10-28-15)16(17)21(26)27-5/h7,10,14,16-20,25H,6,8-9,11H2,1-5H3. The van der Waals surface area contributed by atoms with E-state index in [4.69, 9.17) is 13.9 Å². The molecule has 1 N–H and O–H groups in total. The van der Waals surface area contributed by atoms with Crippen molar-refractivity contribution in [3.8, 4) is 0 Å². The summed E-state index contributed by atoms with van der Waals surface area (Å²) in [5.74, 6) is -0.931. The van der Waals surface area contributed by atoms with E-state index in [-0.39, 0.29) is 34.6 Å². The Morgan fingerprint density at radius 1 is 1.24 bits per heavy atom.